The van der Waals surface area contributed by atoms with Crippen LogP contribution in [0.5, 0.6) is 11.5 Å². The number of hydrogen-bond acceptors (Lipinski definition) is 3. The highest BCUT2D eigenvalue weighted by molar-refractivity contribution is 9.10. The van der Waals surface area contributed by atoms with Crippen LogP contribution in [0.1, 0.15) is 11.1 Å². The highest BCUT2D eigenvalue weighted by Crippen LogP contribution is 2.38. The van der Waals surface area contributed by atoms with Crippen molar-refractivity contribution in [2.24, 2.45) is 0 Å². The lowest BCUT2D eigenvalue weighted by atomic mass is 10.2. The summed E-state index contributed by atoms with van der Waals surface area (Å²) in [6.45, 7) is 0.850. The van der Waals surface area contributed by atoms with Gasteiger partial charge in [0.2, 0.25) is 0 Å². The molecule has 0 amide bonds. The van der Waals surface area contributed by atoms with Gasteiger partial charge in [-0.2, -0.15) is 0 Å². The van der Waals surface area contributed by atoms with Crippen LogP contribution in [0, 0.1) is 0 Å². The summed E-state index contributed by atoms with van der Waals surface area (Å²) in [6.07, 6.45) is 0. The predicted molar refractivity (Wildman–Crippen MR) is 120 cm³/mol. The van der Waals surface area contributed by atoms with E-state index in [1.54, 1.807) is 25.3 Å². The Bertz CT molecular complexity index is 944. The molecule has 0 unspecified atom stereocenters. The summed E-state index contributed by atoms with van der Waals surface area (Å²) in [7, 11) is 1.60. The summed E-state index contributed by atoms with van der Waals surface area (Å²) in [5.74, 6) is 1.21. The second-order valence-corrected chi connectivity index (χ2v) is 8.06. The summed E-state index contributed by atoms with van der Waals surface area (Å²) in [6, 6.07) is 16.8. The van der Waals surface area contributed by atoms with Crippen molar-refractivity contribution in [1.29, 1.82) is 0 Å². The number of rotatable bonds is 7. The average molecular weight is 502 g/mol. The molecular weight excluding hydrogens is 484 g/mol. The summed E-state index contributed by atoms with van der Waals surface area (Å²) in [4.78, 5) is 0. The second-order valence-electron chi connectivity index (χ2n) is 5.96. The third-order valence-corrected chi connectivity index (χ3v) is 5.60. The fourth-order valence-corrected chi connectivity index (χ4v) is 3.84. The zero-order chi connectivity index (χ0) is 20.1. The number of anilines is 1. The monoisotopic (exact) mass is 499 g/mol. The molecule has 0 aliphatic heterocycles. The summed E-state index contributed by atoms with van der Waals surface area (Å²) in [5, 5.41) is 5.17. The fraction of sp³-hybridized carbons (Fsp3) is 0.143. The first kappa shape index (κ1) is 21.1. The molecule has 3 aromatic carbocycles. The minimum absolute atomic E-state index is 0.232. The first-order valence-electron chi connectivity index (χ1n) is 8.39. The van der Waals surface area contributed by atoms with Gasteiger partial charge in [-0.15, -0.1) is 0 Å². The molecule has 0 heterocycles. The Balaban J connectivity index is 1.74. The molecule has 28 heavy (non-hydrogen) atoms. The molecule has 0 saturated carbocycles. The number of hydrogen-bond donors (Lipinski definition) is 1. The molecule has 0 aliphatic carbocycles. The van der Waals surface area contributed by atoms with E-state index in [0.717, 1.165) is 21.3 Å². The number of nitrogens with one attached hydrogen (secondary N) is 1. The van der Waals surface area contributed by atoms with Gasteiger partial charge in [0.05, 0.1) is 11.6 Å². The van der Waals surface area contributed by atoms with Crippen LogP contribution in [0.25, 0.3) is 0 Å². The molecule has 3 rings (SSSR count). The minimum Gasteiger partial charge on any atom is -0.493 e. The van der Waals surface area contributed by atoms with Crippen molar-refractivity contribution in [3.05, 3.63) is 85.3 Å². The van der Waals surface area contributed by atoms with Crippen LogP contribution in [0.2, 0.25) is 15.1 Å². The van der Waals surface area contributed by atoms with Crippen molar-refractivity contribution in [1.82, 2.24) is 0 Å². The smallest absolute Gasteiger partial charge is 0.175 e. The van der Waals surface area contributed by atoms with E-state index in [1.165, 1.54) is 0 Å². The van der Waals surface area contributed by atoms with Crippen LogP contribution in [-0.4, -0.2) is 7.11 Å². The van der Waals surface area contributed by atoms with Gasteiger partial charge in [0.1, 0.15) is 6.61 Å². The molecule has 0 radical (unpaired) electrons. The minimum atomic E-state index is 0.232. The molecule has 0 aromatic heterocycles. The van der Waals surface area contributed by atoms with E-state index in [4.69, 9.17) is 44.3 Å². The largest absolute Gasteiger partial charge is 0.493 e. The third kappa shape index (κ3) is 5.26. The standard InChI is InChI=1S/C21H17BrCl3NO2/c1-27-20-10-13(11-26-15-7-5-14(23)6-8-15)9-17(22)21(20)28-12-16-18(24)3-2-4-19(16)25/h2-10,26H,11-12H2,1H3. The van der Waals surface area contributed by atoms with Gasteiger partial charge in [-0.3, -0.25) is 0 Å². The maximum Gasteiger partial charge on any atom is 0.175 e. The SMILES string of the molecule is COc1cc(CNc2ccc(Cl)cc2)cc(Br)c1OCc1c(Cl)cccc1Cl. The lowest BCUT2D eigenvalue weighted by Gasteiger charge is -2.16. The van der Waals surface area contributed by atoms with Gasteiger partial charge in [0.25, 0.3) is 0 Å². The molecule has 0 aliphatic rings. The molecule has 0 spiro atoms. The van der Waals surface area contributed by atoms with E-state index >= 15 is 0 Å². The van der Waals surface area contributed by atoms with E-state index in [1.807, 2.05) is 36.4 Å². The molecule has 146 valence electrons. The second kappa shape index (κ2) is 9.75. The molecule has 7 heteroatoms. The van der Waals surface area contributed by atoms with Crippen LogP contribution in [-0.2, 0) is 13.2 Å². The van der Waals surface area contributed by atoms with Crippen molar-refractivity contribution in [2.75, 3.05) is 12.4 Å². The van der Waals surface area contributed by atoms with E-state index < -0.39 is 0 Å². The Kier molecular flexibility index (Phi) is 7.36. The maximum absolute atomic E-state index is 6.22. The third-order valence-electron chi connectivity index (χ3n) is 4.05. The highest BCUT2D eigenvalue weighted by atomic mass is 79.9. The number of methoxy groups -OCH3 is 1. The molecule has 0 saturated heterocycles. The number of halogens is 4. The molecule has 1 N–H and O–H groups in total. The Morgan fingerprint density at radius 3 is 2.29 bits per heavy atom. The average Bonchev–Trinajstić information content (AvgIpc) is 2.68. The lowest BCUT2D eigenvalue weighted by molar-refractivity contribution is 0.282. The zero-order valence-electron chi connectivity index (χ0n) is 14.9. The summed E-state index contributed by atoms with van der Waals surface area (Å²) < 4.78 is 12.3. The van der Waals surface area contributed by atoms with Crippen molar-refractivity contribution in [2.45, 2.75) is 13.2 Å². The summed E-state index contributed by atoms with van der Waals surface area (Å²) in [5.41, 5.74) is 2.74. The molecule has 0 fully saturated rings. The molecule has 0 bridgehead atoms. The zero-order valence-corrected chi connectivity index (χ0v) is 18.8. The Hall–Kier alpha value is -1.59. The van der Waals surface area contributed by atoms with Gasteiger partial charge in [-0.1, -0.05) is 40.9 Å². The summed E-state index contributed by atoms with van der Waals surface area (Å²) >= 11 is 21.9. The van der Waals surface area contributed by atoms with Gasteiger partial charge in [-0.05, 0) is 70.0 Å². The van der Waals surface area contributed by atoms with Gasteiger partial charge in [0.15, 0.2) is 11.5 Å². The molecule has 3 nitrogen and oxygen atoms in total. The van der Waals surface area contributed by atoms with E-state index in [-0.39, 0.29) is 6.61 Å². The van der Waals surface area contributed by atoms with Crippen LogP contribution in [0.15, 0.2) is 59.1 Å². The molecule has 0 atom stereocenters. The van der Waals surface area contributed by atoms with Crippen molar-refractivity contribution >= 4 is 56.4 Å². The normalized spacial score (nSPS) is 10.6. The van der Waals surface area contributed by atoms with Crippen LogP contribution >= 0.6 is 50.7 Å². The Morgan fingerprint density at radius 2 is 1.64 bits per heavy atom. The number of ether oxygens (including phenoxy) is 2. The first-order valence-corrected chi connectivity index (χ1v) is 10.3. The van der Waals surface area contributed by atoms with Gasteiger partial charge < -0.3 is 14.8 Å². The van der Waals surface area contributed by atoms with E-state index in [9.17, 15) is 0 Å². The van der Waals surface area contributed by atoms with Crippen LogP contribution in [0.3, 0.4) is 0 Å². The van der Waals surface area contributed by atoms with E-state index in [2.05, 4.69) is 21.2 Å². The Labute approximate surface area is 187 Å². The van der Waals surface area contributed by atoms with Crippen LogP contribution < -0.4 is 14.8 Å². The van der Waals surface area contributed by atoms with Crippen molar-refractivity contribution < 1.29 is 9.47 Å². The van der Waals surface area contributed by atoms with Gasteiger partial charge in [-0.25, -0.2) is 0 Å². The van der Waals surface area contributed by atoms with Crippen molar-refractivity contribution in [3.8, 4) is 11.5 Å². The topological polar surface area (TPSA) is 30.5 Å². The number of benzene rings is 3. The van der Waals surface area contributed by atoms with Crippen LogP contribution in [0.4, 0.5) is 5.69 Å². The van der Waals surface area contributed by atoms with E-state index in [0.29, 0.717) is 33.1 Å². The fourth-order valence-electron chi connectivity index (χ4n) is 2.60. The molecule has 3 aromatic rings. The first-order chi connectivity index (χ1) is 13.5. The lowest BCUT2D eigenvalue weighted by Crippen LogP contribution is -2.03. The van der Waals surface area contributed by atoms with Gasteiger partial charge in [0, 0.05) is 32.9 Å². The predicted octanol–water partition coefficient (Wildman–Crippen LogP) is 7.61. The quantitative estimate of drug-likeness (QED) is 0.361. The molecular formula is C21H17BrCl3NO2. The van der Waals surface area contributed by atoms with Crippen molar-refractivity contribution in [3.63, 3.8) is 0 Å². The Morgan fingerprint density at radius 1 is 0.964 bits per heavy atom. The van der Waals surface area contributed by atoms with Gasteiger partial charge >= 0.3 is 0 Å². The highest BCUT2D eigenvalue weighted by Gasteiger charge is 2.14. The maximum atomic E-state index is 6.22.